The van der Waals surface area contributed by atoms with Gasteiger partial charge in [0.1, 0.15) is 12.4 Å². The van der Waals surface area contributed by atoms with Crippen LogP contribution in [0.5, 0.6) is 0 Å². The maximum Gasteiger partial charge on any atom is 0.332 e. The Morgan fingerprint density at radius 1 is 1.03 bits per heavy atom. The second kappa shape index (κ2) is 8.42. The van der Waals surface area contributed by atoms with Crippen LogP contribution in [0.2, 0.25) is 0 Å². The van der Waals surface area contributed by atoms with E-state index in [0.717, 1.165) is 10.4 Å². The van der Waals surface area contributed by atoms with Crippen molar-refractivity contribution in [3.63, 3.8) is 0 Å². The lowest BCUT2D eigenvalue weighted by Gasteiger charge is -2.10. The van der Waals surface area contributed by atoms with Crippen LogP contribution in [0.3, 0.4) is 0 Å². The monoisotopic (exact) mass is 421 g/mol. The highest BCUT2D eigenvalue weighted by molar-refractivity contribution is 5.78. The van der Waals surface area contributed by atoms with Crippen molar-refractivity contribution in [2.24, 2.45) is 14.1 Å². The molecule has 1 aromatic carbocycles. The van der Waals surface area contributed by atoms with Gasteiger partial charge in [0.25, 0.3) is 5.56 Å². The van der Waals surface area contributed by atoms with E-state index in [4.69, 9.17) is 0 Å². The number of amides is 1. The fourth-order valence-corrected chi connectivity index (χ4v) is 3.53. The largest absolute Gasteiger partial charge is 0.354 e. The summed E-state index contributed by atoms with van der Waals surface area (Å²) in [4.78, 5) is 45.4. The number of imidazole rings is 2. The maximum absolute atomic E-state index is 12.5. The Hall–Kier alpha value is -3.95. The summed E-state index contributed by atoms with van der Waals surface area (Å²) in [5.41, 5.74) is 0.709. The molecule has 1 amide bonds. The Morgan fingerprint density at radius 2 is 1.81 bits per heavy atom. The molecule has 31 heavy (non-hydrogen) atoms. The van der Waals surface area contributed by atoms with E-state index in [1.54, 1.807) is 13.2 Å². The second-order valence-corrected chi connectivity index (χ2v) is 7.31. The Labute approximate surface area is 177 Å². The number of fused-ring (bicyclic) bond motifs is 1. The molecule has 0 radical (unpaired) electrons. The molecule has 0 unspecified atom stereocenters. The van der Waals surface area contributed by atoms with Crippen molar-refractivity contribution in [3.05, 3.63) is 81.3 Å². The van der Waals surface area contributed by atoms with Gasteiger partial charge in [-0.3, -0.25) is 18.7 Å². The Balaban J connectivity index is 1.40. The van der Waals surface area contributed by atoms with E-state index in [2.05, 4.69) is 32.0 Å². The van der Waals surface area contributed by atoms with E-state index in [9.17, 15) is 14.4 Å². The number of carbonyl (C=O) groups excluding carboxylic acids is 1. The first-order valence-corrected chi connectivity index (χ1v) is 9.87. The molecule has 10 heteroatoms. The zero-order valence-electron chi connectivity index (χ0n) is 17.4. The summed E-state index contributed by atoms with van der Waals surface area (Å²) >= 11 is 0. The average molecular weight is 421 g/mol. The summed E-state index contributed by atoms with van der Waals surface area (Å²) in [5.74, 6) is 0.623. The van der Waals surface area contributed by atoms with Gasteiger partial charge in [0.05, 0.1) is 6.33 Å². The molecule has 0 fully saturated rings. The molecule has 160 valence electrons. The summed E-state index contributed by atoms with van der Waals surface area (Å²) in [6.45, 7) is 1.06. The third kappa shape index (κ3) is 4.04. The van der Waals surface area contributed by atoms with Crippen LogP contribution in [-0.4, -0.2) is 40.7 Å². The second-order valence-electron chi connectivity index (χ2n) is 7.31. The molecule has 4 aromatic rings. The van der Waals surface area contributed by atoms with Crippen molar-refractivity contribution in [1.29, 1.82) is 0 Å². The van der Waals surface area contributed by atoms with Crippen LogP contribution >= 0.6 is 0 Å². The van der Waals surface area contributed by atoms with Gasteiger partial charge in [-0.2, -0.15) is 0 Å². The van der Waals surface area contributed by atoms with Crippen LogP contribution in [0.15, 0.2) is 58.6 Å². The van der Waals surface area contributed by atoms with Crippen LogP contribution in [0.4, 0.5) is 0 Å². The molecule has 0 spiro atoms. The molecule has 3 aromatic heterocycles. The highest BCUT2D eigenvalue weighted by Gasteiger charge is 2.16. The normalized spacial score (nSPS) is 11.2. The lowest BCUT2D eigenvalue weighted by molar-refractivity contribution is -0.121. The first kappa shape index (κ1) is 20.3. The molecule has 0 saturated heterocycles. The Morgan fingerprint density at radius 3 is 2.58 bits per heavy atom. The van der Waals surface area contributed by atoms with Crippen molar-refractivity contribution in [3.8, 4) is 0 Å². The maximum atomic E-state index is 12.5. The minimum atomic E-state index is -0.480. The predicted molar refractivity (Wildman–Crippen MR) is 115 cm³/mol. The molecule has 0 saturated carbocycles. The number of aromatic nitrogens is 6. The van der Waals surface area contributed by atoms with Crippen LogP contribution < -0.4 is 16.6 Å². The van der Waals surface area contributed by atoms with Gasteiger partial charge < -0.3 is 14.5 Å². The average Bonchev–Trinajstić information content (AvgIpc) is 3.38. The molecule has 0 bridgehead atoms. The molecule has 0 atom stereocenters. The van der Waals surface area contributed by atoms with E-state index < -0.39 is 11.2 Å². The molecule has 1 N–H and O–H groups in total. The highest BCUT2D eigenvalue weighted by Crippen LogP contribution is 2.07. The van der Waals surface area contributed by atoms with Gasteiger partial charge in [-0.05, 0) is 5.56 Å². The molecule has 0 aliphatic rings. The van der Waals surface area contributed by atoms with E-state index in [0.29, 0.717) is 19.5 Å². The quantitative estimate of drug-likeness (QED) is 0.453. The van der Waals surface area contributed by atoms with Crippen molar-refractivity contribution in [2.45, 2.75) is 19.5 Å². The van der Waals surface area contributed by atoms with Crippen LogP contribution in [0.1, 0.15) is 11.4 Å². The molecule has 3 heterocycles. The zero-order chi connectivity index (χ0) is 22.0. The third-order valence-electron chi connectivity index (χ3n) is 5.20. The van der Waals surface area contributed by atoms with Gasteiger partial charge in [0, 0.05) is 46.0 Å². The van der Waals surface area contributed by atoms with Gasteiger partial charge >= 0.3 is 5.69 Å². The molecule has 0 aliphatic carbocycles. The molecular formula is C21H23N7O3. The van der Waals surface area contributed by atoms with Gasteiger partial charge in [-0.15, -0.1) is 0 Å². The standard InChI is InChI=1S/C21H23N7O3/c1-25-19-18(20(30)26(2)21(25)31)28(14-24-19)13-17(29)23-9-8-16-22-10-11-27(16)12-15-6-4-3-5-7-15/h3-7,10-11,14H,8-9,12-13H2,1-2H3,(H,23,29). The number of hydrogen-bond acceptors (Lipinski definition) is 5. The number of nitrogens with one attached hydrogen (secondary N) is 1. The smallest absolute Gasteiger partial charge is 0.332 e. The number of rotatable bonds is 7. The fraction of sp³-hybridized carbons (Fsp3) is 0.286. The molecular weight excluding hydrogens is 398 g/mol. The number of aryl methyl sites for hydroxylation is 1. The van der Waals surface area contributed by atoms with Crippen molar-refractivity contribution in [2.75, 3.05) is 6.54 Å². The van der Waals surface area contributed by atoms with E-state index in [1.165, 1.54) is 28.1 Å². The number of benzene rings is 1. The summed E-state index contributed by atoms with van der Waals surface area (Å²) in [6.07, 6.45) is 5.64. The van der Waals surface area contributed by atoms with Gasteiger partial charge in [-0.1, -0.05) is 30.3 Å². The fourth-order valence-electron chi connectivity index (χ4n) is 3.53. The molecule has 10 nitrogen and oxygen atoms in total. The lowest BCUT2D eigenvalue weighted by Crippen LogP contribution is -2.38. The summed E-state index contributed by atoms with van der Waals surface area (Å²) in [5, 5.41) is 2.86. The van der Waals surface area contributed by atoms with Gasteiger partial charge in [0.15, 0.2) is 11.2 Å². The number of nitrogens with zero attached hydrogens (tertiary/aromatic N) is 6. The van der Waals surface area contributed by atoms with E-state index in [1.807, 2.05) is 24.4 Å². The van der Waals surface area contributed by atoms with Crippen molar-refractivity contribution in [1.82, 2.24) is 33.6 Å². The summed E-state index contributed by atoms with van der Waals surface area (Å²) in [6, 6.07) is 10.1. The topological polar surface area (TPSA) is 109 Å². The first-order chi connectivity index (χ1) is 15.0. The summed E-state index contributed by atoms with van der Waals surface area (Å²) < 4.78 is 5.81. The minimum Gasteiger partial charge on any atom is -0.354 e. The first-order valence-electron chi connectivity index (χ1n) is 9.87. The third-order valence-corrected chi connectivity index (χ3v) is 5.20. The summed E-state index contributed by atoms with van der Waals surface area (Å²) in [7, 11) is 2.94. The van der Waals surface area contributed by atoms with Crippen LogP contribution in [-0.2, 0) is 38.4 Å². The highest BCUT2D eigenvalue weighted by atomic mass is 16.2. The number of carbonyl (C=O) groups is 1. The molecule has 0 aliphatic heterocycles. The number of hydrogen-bond donors (Lipinski definition) is 1. The molecule has 4 rings (SSSR count). The van der Waals surface area contributed by atoms with Crippen LogP contribution in [0.25, 0.3) is 11.2 Å². The SMILES string of the molecule is Cn1c(=O)c2c(ncn2CC(=O)NCCc2nccn2Cc2ccccc2)n(C)c1=O. The minimum absolute atomic E-state index is 0.0671. The Kier molecular flexibility index (Phi) is 5.52. The lowest BCUT2D eigenvalue weighted by atomic mass is 10.2. The van der Waals surface area contributed by atoms with Crippen molar-refractivity contribution >= 4 is 17.1 Å². The van der Waals surface area contributed by atoms with E-state index >= 15 is 0 Å². The van der Waals surface area contributed by atoms with Gasteiger partial charge in [-0.25, -0.2) is 14.8 Å². The van der Waals surface area contributed by atoms with Gasteiger partial charge in [0.2, 0.25) is 5.91 Å². The predicted octanol–water partition coefficient (Wildman–Crippen LogP) is 0.0374. The van der Waals surface area contributed by atoms with Crippen LogP contribution in [0, 0.1) is 0 Å². The Bertz CT molecular complexity index is 1350. The van der Waals surface area contributed by atoms with Crippen molar-refractivity contribution < 1.29 is 4.79 Å². The zero-order valence-corrected chi connectivity index (χ0v) is 17.4. The van der Waals surface area contributed by atoms with E-state index in [-0.39, 0.29) is 23.6 Å².